The van der Waals surface area contributed by atoms with Gasteiger partial charge in [-0.3, -0.25) is 4.79 Å². The number of likely N-dealkylation sites (tertiary alicyclic amines) is 1. The van der Waals surface area contributed by atoms with Gasteiger partial charge in [-0.25, -0.2) is 4.79 Å². The highest BCUT2D eigenvalue weighted by Gasteiger charge is 2.31. The molecule has 3 rings (SSSR count). The molecule has 1 aromatic carbocycles. The van der Waals surface area contributed by atoms with Gasteiger partial charge in [0.05, 0.1) is 24.6 Å². The number of carbonyl (C=O) groups is 1. The zero-order chi connectivity index (χ0) is 19.6. The molecule has 1 atom stereocenters. The van der Waals surface area contributed by atoms with Crippen LogP contribution < -0.4 is 10.4 Å². The number of hydrogen-bond donors (Lipinski definition) is 0. The fraction of sp³-hybridized carbons (Fsp3) is 0.368. The van der Waals surface area contributed by atoms with Crippen molar-refractivity contribution in [3.63, 3.8) is 0 Å². The van der Waals surface area contributed by atoms with Gasteiger partial charge in [0.1, 0.15) is 17.6 Å². The maximum absolute atomic E-state index is 12.8. The molecule has 2 heterocycles. The average molecular weight is 381 g/mol. The van der Waals surface area contributed by atoms with Gasteiger partial charge in [0, 0.05) is 19.0 Å². The van der Waals surface area contributed by atoms with E-state index in [2.05, 4.69) is 0 Å². The van der Waals surface area contributed by atoms with Crippen LogP contribution in [-0.2, 0) is 17.4 Å². The van der Waals surface area contributed by atoms with Gasteiger partial charge in [-0.1, -0.05) is 18.2 Å². The Kier molecular flexibility index (Phi) is 5.25. The van der Waals surface area contributed by atoms with E-state index in [-0.39, 0.29) is 18.4 Å². The van der Waals surface area contributed by atoms with Gasteiger partial charge in [0.2, 0.25) is 5.91 Å². The standard InChI is InChI=1S/C19H18F3NO4/c1-12-7-16(10-18(25)26-12)27-15-5-6-23(11-15)17(24)9-13-3-2-4-14(8-13)19(20,21)22/h2-4,7-8,10,15H,5-6,9,11H2,1H3. The zero-order valence-corrected chi connectivity index (χ0v) is 14.6. The van der Waals surface area contributed by atoms with Gasteiger partial charge in [-0.05, 0) is 18.6 Å². The van der Waals surface area contributed by atoms with Crippen molar-refractivity contribution >= 4 is 5.91 Å². The summed E-state index contributed by atoms with van der Waals surface area (Å²) in [6, 6.07) is 7.60. The highest BCUT2D eigenvalue weighted by atomic mass is 19.4. The Morgan fingerprint density at radius 1 is 1.30 bits per heavy atom. The highest BCUT2D eigenvalue weighted by Crippen LogP contribution is 2.29. The molecule has 1 saturated heterocycles. The monoisotopic (exact) mass is 381 g/mol. The van der Waals surface area contributed by atoms with E-state index in [9.17, 15) is 22.8 Å². The average Bonchev–Trinajstić information content (AvgIpc) is 3.02. The van der Waals surface area contributed by atoms with Gasteiger partial charge in [-0.15, -0.1) is 0 Å². The number of alkyl halides is 3. The molecule has 144 valence electrons. The van der Waals surface area contributed by atoms with Crippen molar-refractivity contribution in [3.05, 3.63) is 63.7 Å². The van der Waals surface area contributed by atoms with E-state index in [1.54, 1.807) is 17.9 Å². The predicted molar refractivity (Wildman–Crippen MR) is 90.5 cm³/mol. The van der Waals surface area contributed by atoms with Crippen LogP contribution in [-0.4, -0.2) is 30.0 Å². The Labute approximate surface area is 153 Å². The molecule has 0 radical (unpaired) electrons. The quantitative estimate of drug-likeness (QED) is 0.816. The first-order valence-corrected chi connectivity index (χ1v) is 8.43. The first-order chi connectivity index (χ1) is 12.7. The number of rotatable bonds is 4. The van der Waals surface area contributed by atoms with Crippen LogP contribution in [0.1, 0.15) is 23.3 Å². The third-order valence-electron chi connectivity index (χ3n) is 4.28. The van der Waals surface area contributed by atoms with Crippen molar-refractivity contribution in [3.8, 4) is 5.75 Å². The molecule has 0 bridgehead atoms. The van der Waals surface area contributed by atoms with Crippen LogP contribution in [0.3, 0.4) is 0 Å². The number of ether oxygens (including phenoxy) is 1. The van der Waals surface area contributed by atoms with Gasteiger partial charge in [-0.2, -0.15) is 13.2 Å². The van der Waals surface area contributed by atoms with E-state index in [0.29, 0.717) is 36.6 Å². The lowest BCUT2D eigenvalue weighted by molar-refractivity contribution is -0.138. The van der Waals surface area contributed by atoms with Crippen molar-refractivity contribution in [2.24, 2.45) is 0 Å². The molecule has 0 saturated carbocycles. The van der Waals surface area contributed by atoms with Crippen LogP contribution in [0.25, 0.3) is 0 Å². The summed E-state index contributed by atoms with van der Waals surface area (Å²) in [7, 11) is 0. The molecule has 0 N–H and O–H groups in total. The molecule has 1 amide bonds. The zero-order valence-electron chi connectivity index (χ0n) is 14.6. The minimum atomic E-state index is -4.44. The topological polar surface area (TPSA) is 59.8 Å². The summed E-state index contributed by atoms with van der Waals surface area (Å²) in [5.41, 5.74) is -0.968. The summed E-state index contributed by atoms with van der Waals surface area (Å²) >= 11 is 0. The molecule has 1 aliphatic heterocycles. The molecule has 0 spiro atoms. The molecule has 5 nitrogen and oxygen atoms in total. The second-order valence-corrected chi connectivity index (χ2v) is 6.47. The van der Waals surface area contributed by atoms with Gasteiger partial charge in [0.15, 0.2) is 0 Å². The van der Waals surface area contributed by atoms with E-state index in [0.717, 1.165) is 12.1 Å². The van der Waals surface area contributed by atoms with Crippen molar-refractivity contribution < 1.29 is 27.1 Å². The lowest BCUT2D eigenvalue weighted by Crippen LogP contribution is -2.32. The summed E-state index contributed by atoms with van der Waals surface area (Å²) in [4.78, 5) is 25.3. The minimum Gasteiger partial charge on any atom is -0.488 e. The maximum Gasteiger partial charge on any atom is 0.416 e. The second kappa shape index (κ2) is 7.46. The Balaban J connectivity index is 1.60. The van der Waals surface area contributed by atoms with Crippen molar-refractivity contribution in [1.82, 2.24) is 4.90 Å². The smallest absolute Gasteiger partial charge is 0.416 e. The SMILES string of the molecule is Cc1cc(OC2CCN(C(=O)Cc3cccc(C(F)(F)F)c3)C2)cc(=O)o1. The number of hydrogen-bond acceptors (Lipinski definition) is 4. The van der Waals surface area contributed by atoms with E-state index < -0.39 is 17.4 Å². The maximum atomic E-state index is 12.8. The number of nitrogens with zero attached hydrogens (tertiary/aromatic N) is 1. The predicted octanol–water partition coefficient (Wildman–Crippen LogP) is 3.19. The van der Waals surface area contributed by atoms with E-state index >= 15 is 0 Å². The van der Waals surface area contributed by atoms with E-state index in [4.69, 9.17) is 9.15 Å². The Hall–Kier alpha value is -2.77. The molecule has 1 aliphatic rings. The van der Waals surface area contributed by atoms with Crippen LogP contribution in [0.4, 0.5) is 13.2 Å². The highest BCUT2D eigenvalue weighted by molar-refractivity contribution is 5.79. The number of halogens is 3. The number of benzene rings is 1. The first-order valence-electron chi connectivity index (χ1n) is 8.43. The van der Waals surface area contributed by atoms with Crippen molar-refractivity contribution in [1.29, 1.82) is 0 Å². The van der Waals surface area contributed by atoms with E-state index in [1.807, 2.05) is 0 Å². The van der Waals surface area contributed by atoms with Crippen LogP contribution in [0.5, 0.6) is 5.75 Å². The molecular weight excluding hydrogens is 363 g/mol. The molecule has 1 fully saturated rings. The Morgan fingerprint density at radius 3 is 2.78 bits per heavy atom. The second-order valence-electron chi connectivity index (χ2n) is 6.47. The molecule has 1 aromatic heterocycles. The number of aryl methyl sites for hydroxylation is 1. The van der Waals surface area contributed by atoms with Crippen LogP contribution in [0, 0.1) is 6.92 Å². The fourth-order valence-corrected chi connectivity index (χ4v) is 3.03. The normalized spacial score (nSPS) is 17.2. The first kappa shape index (κ1) is 19.0. The minimum absolute atomic E-state index is 0.106. The van der Waals surface area contributed by atoms with Gasteiger partial charge in [0.25, 0.3) is 0 Å². The largest absolute Gasteiger partial charge is 0.488 e. The number of carbonyl (C=O) groups excluding carboxylic acids is 1. The van der Waals surface area contributed by atoms with Crippen molar-refractivity contribution in [2.45, 2.75) is 32.0 Å². The third-order valence-corrected chi connectivity index (χ3v) is 4.28. The molecule has 27 heavy (non-hydrogen) atoms. The summed E-state index contributed by atoms with van der Waals surface area (Å²) in [6.07, 6.45) is -4.25. The van der Waals surface area contributed by atoms with E-state index in [1.165, 1.54) is 18.2 Å². The number of amides is 1. The molecule has 2 aromatic rings. The van der Waals surface area contributed by atoms with Crippen molar-refractivity contribution in [2.75, 3.05) is 13.1 Å². The lowest BCUT2D eigenvalue weighted by Gasteiger charge is -2.17. The summed E-state index contributed by atoms with van der Waals surface area (Å²) in [5.74, 6) is 0.540. The van der Waals surface area contributed by atoms with Gasteiger partial charge < -0.3 is 14.1 Å². The third kappa shape index (κ3) is 4.90. The fourth-order valence-electron chi connectivity index (χ4n) is 3.03. The summed E-state index contributed by atoms with van der Waals surface area (Å²) < 4.78 is 48.9. The van der Waals surface area contributed by atoms with Crippen LogP contribution in [0.2, 0.25) is 0 Å². The molecule has 8 heteroatoms. The van der Waals surface area contributed by atoms with Gasteiger partial charge >= 0.3 is 11.8 Å². The molecule has 1 unspecified atom stereocenters. The Morgan fingerprint density at radius 2 is 2.07 bits per heavy atom. The summed E-state index contributed by atoms with van der Waals surface area (Å²) in [6.45, 7) is 2.40. The molecular formula is C19H18F3NO4. The lowest BCUT2D eigenvalue weighted by atomic mass is 10.1. The Bertz CT molecular complexity index is 891. The van der Waals surface area contributed by atoms with Crippen LogP contribution in [0.15, 0.2) is 45.6 Å². The molecule has 0 aliphatic carbocycles. The van der Waals surface area contributed by atoms with Crippen LogP contribution >= 0.6 is 0 Å². The summed E-state index contributed by atoms with van der Waals surface area (Å²) in [5, 5.41) is 0.